The molecule has 1 aliphatic rings. The minimum absolute atomic E-state index is 0.151. The first-order chi connectivity index (χ1) is 6.47. The molecule has 1 unspecified atom stereocenters. The van der Waals surface area contributed by atoms with Crippen LogP contribution in [0.5, 0.6) is 0 Å². The molecule has 1 heteroatoms. The second-order valence-corrected chi connectivity index (χ2v) is 4.77. The van der Waals surface area contributed by atoms with Gasteiger partial charge in [0.05, 0.1) is 0 Å². The van der Waals surface area contributed by atoms with Crippen LogP contribution >= 0.6 is 0 Å². The molecule has 0 N–H and O–H groups in total. The zero-order valence-electron chi connectivity index (χ0n) is 9.34. The number of hydrogen-bond donors (Lipinski definition) is 0. The molecule has 14 heavy (non-hydrogen) atoms. The molecule has 1 aliphatic carbocycles. The summed E-state index contributed by atoms with van der Waals surface area (Å²) in [5, 5.41) is 0. The zero-order valence-corrected chi connectivity index (χ0v) is 9.34. The van der Waals surface area contributed by atoms with Gasteiger partial charge in [0.2, 0.25) is 0 Å². The molecule has 0 aromatic heterocycles. The quantitative estimate of drug-likeness (QED) is 0.625. The van der Waals surface area contributed by atoms with E-state index < -0.39 is 0 Å². The first kappa shape index (κ1) is 11.2. The van der Waals surface area contributed by atoms with Crippen molar-refractivity contribution >= 4 is 5.78 Å². The highest BCUT2D eigenvalue weighted by Crippen LogP contribution is 2.42. The van der Waals surface area contributed by atoms with E-state index in [-0.39, 0.29) is 11.2 Å². The van der Waals surface area contributed by atoms with Crippen molar-refractivity contribution in [2.45, 2.75) is 33.6 Å². The summed E-state index contributed by atoms with van der Waals surface area (Å²) in [6.07, 6.45) is 7.43. The van der Waals surface area contributed by atoms with Crippen molar-refractivity contribution in [3.63, 3.8) is 0 Å². The molecule has 0 amide bonds. The molecule has 1 atom stereocenters. The van der Waals surface area contributed by atoms with Gasteiger partial charge in [-0.3, -0.25) is 4.79 Å². The number of rotatable bonds is 3. The Bertz CT molecular complexity index is 271. The van der Waals surface area contributed by atoms with Gasteiger partial charge in [0.15, 0.2) is 5.78 Å². The van der Waals surface area contributed by atoms with E-state index in [9.17, 15) is 4.79 Å². The lowest BCUT2D eigenvalue weighted by Gasteiger charge is -2.37. The Labute approximate surface area is 86.9 Å². The first-order valence-electron chi connectivity index (χ1n) is 5.12. The van der Waals surface area contributed by atoms with Crippen molar-refractivity contribution in [1.29, 1.82) is 0 Å². The van der Waals surface area contributed by atoms with Crippen molar-refractivity contribution < 1.29 is 4.79 Å². The maximum Gasteiger partial charge on any atom is 0.155 e. The minimum atomic E-state index is 0.151. The second kappa shape index (κ2) is 4.12. The van der Waals surface area contributed by atoms with E-state index in [4.69, 9.17) is 0 Å². The molecule has 0 heterocycles. The van der Waals surface area contributed by atoms with Crippen LogP contribution in [0, 0.1) is 17.8 Å². The summed E-state index contributed by atoms with van der Waals surface area (Å²) in [7, 11) is 0. The Hall–Kier alpha value is -0.850. The standard InChI is InChI=1S/C13H19O/c1-5-11(14)9-12-10(2)7-6-8-13(12,3)4/h5-7,12H,1,8-9H2,2-4H3. The average Bonchev–Trinajstić information content (AvgIpc) is 2.11. The van der Waals surface area contributed by atoms with Gasteiger partial charge in [0.1, 0.15) is 0 Å². The van der Waals surface area contributed by atoms with Crippen molar-refractivity contribution in [2.75, 3.05) is 0 Å². The van der Waals surface area contributed by atoms with Gasteiger partial charge < -0.3 is 0 Å². The van der Waals surface area contributed by atoms with Crippen LogP contribution in [0.15, 0.2) is 24.3 Å². The van der Waals surface area contributed by atoms with E-state index >= 15 is 0 Å². The highest BCUT2D eigenvalue weighted by atomic mass is 16.1. The van der Waals surface area contributed by atoms with Crippen LogP contribution in [-0.2, 0) is 4.79 Å². The maximum absolute atomic E-state index is 11.4. The van der Waals surface area contributed by atoms with Crippen LogP contribution in [0.1, 0.15) is 33.6 Å². The minimum Gasteiger partial charge on any atom is -0.295 e. The van der Waals surface area contributed by atoms with Gasteiger partial charge in [0.25, 0.3) is 0 Å². The van der Waals surface area contributed by atoms with Crippen molar-refractivity contribution in [3.05, 3.63) is 30.7 Å². The molecule has 0 fully saturated rings. The molecular formula is C13H19O. The summed E-state index contributed by atoms with van der Waals surface area (Å²) in [5.41, 5.74) is 1.52. The topological polar surface area (TPSA) is 17.1 Å². The van der Waals surface area contributed by atoms with Gasteiger partial charge in [-0.1, -0.05) is 32.1 Å². The fraction of sp³-hybridized carbons (Fsp3) is 0.538. The van der Waals surface area contributed by atoms with Gasteiger partial charge in [-0.05, 0) is 37.2 Å². The number of ketones is 1. The van der Waals surface area contributed by atoms with Gasteiger partial charge in [-0.2, -0.15) is 0 Å². The van der Waals surface area contributed by atoms with Crippen LogP contribution < -0.4 is 0 Å². The van der Waals surface area contributed by atoms with Crippen molar-refractivity contribution in [3.8, 4) is 0 Å². The molecule has 0 saturated heterocycles. The van der Waals surface area contributed by atoms with Crippen LogP contribution in [-0.4, -0.2) is 5.78 Å². The molecule has 0 aliphatic heterocycles. The van der Waals surface area contributed by atoms with Gasteiger partial charge in [-0.15, -0.1) is 0 Å². The molecular weight excluding hydrogens is 172 g/mol. The number of carbonyl (C=O) groups excluding carboxylic acids is 1. The third kappa shape index (κ3) is 2.34. The Morgan fingerprint density at radius 2 is 2.36 bits per heavy atom. The molecule has 0 aromatic rings. The fourth-order valence-electron chi connectivity index (χ4n) is 2.15. The van der Waals surface area contributed by atoms with E-state index in [0.717, 1.165) is 6.42 Å². The van der Waals surface area contributed by atoms with Crippen LogP contribution in [0.25, 0.3) is 0 Å². The SMILES string of the molecule is C=CC(=O)CC1C(C)=C[CH]CC1(C)C. The third-order valence-corrected chi connectivity index (χ3v) is 3.15. The second-order valence-electron chi connectivity index (χ2n) is 4.77. The summed E-state index contributed by atoms with van der Waals surface area (Å²) in [6, 6.07) is 0. The predicted molar refractivity (Wildman–Crippen MR) is 59.8 cm³/mol. The summed E-state index contributed by atoms with van der Waals surface area (Å²) in [6.45, 7) is 10.1. The van der Waals surface area contributed by atoms with Crippen LogP contribution in [0.2, 0.25) is 0 Å². The predicted octanol–water partition coefficient (Wildman–Crippen LogP) is 3.33. The maximum atomic E-state index is 11.4. The largest absolute Gasteiger partial charge is 0.295 e. The highest BCUT2D eigenvalue weighted by molar-refractivity contribution is 5.89. The number of carbonyl (C=O) groups is 1. The smallest absolute Gasteiger partial charge is 0.155 e. The normalized spacial score (nSPS) is 25.4. The Morgan fingerprint density at radius 3 is 2.86 bits per heavy atom. The highest BCUT2D eigenvalue weighted by Gasteiger charge is 2.33. The van der Waals surface area contributed by atoms with Crippen molar-refractivity contribution in [1.82, 2.24) is 0 Å². The summed E-state index contributed by atoms with van der Waals surface area (Å²) >= 11 is 0. The lowest BCUT2D eigenvalue weighted by molar-refractivity contribution is -0.116. The lowest BCUT2D eigenvalue weighted by atomic mass is 9.67. The molecule has 0 aromatic carbocycles. The summed E-state index contributed by atoms with van der Waals surface area (Å²) < 4.78 is 0. The zero-order chi connectivity index (χ0) is 10.8. The molecule has 1 rings (SSSR count). The molecule has 1 nitrogen and oxygen atoms in total. The van der Waals surface area contributed by atoms with Crippen LogP contribution in [0.3, 0.4) is 0 Å². The van der Waals surface area contributed by atoms with Gasteiger partial charge in [0, 0.05) is 6.42 Å². The van der Waals surface area contributed by atoms with E-state index in [1.165, 1.54) is 11.6 Å². The first-order valence-corrected chi connectivity index (χ1v) is 5.12. The summed E-state index contributed by atoms with van der Waals surface area (Å²) in [5.74, 6) is 0.524. The average molecular weight is 191 g/mol. The van der Waals surface area contributed by atoms with E-state index in [2.05, 4.69) is 39.8 Å². The summed E-state index contributed by atoms with van der Waals surface area (Å²) in [4.78, 5) is 11.4. The third-order valence-electron chi connectivity index (χ3n) is 3.15. The van der Waals surface area contributed by atoms with Gasteiger partial charge in [-0.25, -0.2) is 0 Å². The lowest BCUT2D eigenvalue weighted by Crippen LogP contribution is -2.29. The van der Waals surface area contributed by atoms with E-state index in [1.807, 2.05) is 0 Å². The Balaban J connectivity index is 2.81. The molecule has 0 bridgehead atoms. The molecule has 1 radical (unpaired) electrons. The Morgan fingerprint density at radius 1 is 1.71 bits per heavy atom. The number of allylic oxidation sites excluding steroid dienone is 3. The molecule has 0 spiro atoms. The van der Waals surface area contributed by atoms with E-state index in [1.54, 1.807) is 0 Å². The van der Waals surface area contributed by atoms with Crippen molar-refractivity contribution in [2.24, 2.45) is 11.3 Å². The Kier molecular flexibility index (Phi) is 3.30. The molecule has 77 valence electrons. The fourth-order valence-corrected chi connectivity index (χ4v) is 2.15. The molecule has 0 saturated carbocycles. The number of hydrogen-bond acceptors (Lipinski definition) is 1. The van der Waals surface area contributed by atoms with E-state index in [0.29, 0.717) is 12.3 Å². The monoisotopic (exact) mass is 191 g/mol. The van der Waals surface area contributed by atoms with Crippen LogP contribution in [0.4, 0.5) is 0 Å². The van der Waals surface area contributed by atoms with Gasteiger partial charge >= 0.3 is 0 Å².